The Kier molecular flexibility index (Phi) is 6.22. The first-order valence-electron chi connectivity index (χ1n) is 6.29. The van der Waals surface area contributed by atoms with Gasteiger partial charge in [-0.05, 0) is 46.6 Å². The Morgan fingerprint density at radius 1 is 1.40 bits per heavy atom. The number of rotatable bonds is 7. The van der Waals surface area contributed by atoms with Gasteiger partial charge in [-0.3, -0.25) is 0 Å². The van der Waals surface area contributed by atoms with Gasteiger partial charge in [0, 0.05) is 24.7 Å². The molecule has 0 aliphatic carbocycles. The van der Waals surface area contributed by atoms with E-state index in [1.165, 1.54) is 25.8 Å². The Labute approximate surface area is 94.0 Å². The highest BCUT2D eigenvalue weighted by atomic mass is 16.5. The molecule has 1 saturated heterocycles. The predicted molar refractivity (Wildman–Crippen MR) is 64.2 cm³/mol. The van der Waals surface area contributed by atoms with Crippen LogP contribution in [0.1, 0.15) is 40.0 Å². The van der Waals surface area contributed by atoms with Gasteiger partial charge >= 0.3 is 0 Å². The first kappa shape index (κ1) is 12.9. The van der Waals surface area contributed by atoms with Crippen LogP contribution in [0.25, 0.3) is 0 Å². The van der Waals surface area contributed by atoms with Crippen molar-refractivity contribution in [2.24, 2.45) is 0 Å². The molecule has 1 fully saturated rings. The van der Waals surface area contributed by atoms with Gasteiger partial charge < -0.3 is 15.4 Å². The standard InChI is InChI=1S/C12H26N2O/c1-4-15-9-11(3)14-10(2)8-12-6-5-7-13-12/h10-14H,4-9H2,1-3H3. The lowest BCUT2D eigenvalue weighted by atomic mass is 10.1. The Morgan fingerprint density at radius 3 is 2.80 bits per heavy atom. The monoisotopic (exact) mass is 214 g/mol. The van der Waals surface area contributed by atoms with Gasteiger partial charge in [0.05, 0.1) is 6.61 Å². The van der Waals surface area contributed by atoms with Crippen LogP contribution in [-0.2, 0) is 4.74 Å². The van der Waals surface area contributed by atoms with E-state index in [4.69, 9.17) is 4.74 Å². The first-order chi connectivity index (χ1) is 7.22. The molecule has 0 radical (unpaired) electrons. The van der Waals surface area contributed by atoms with Gasteiger partial charge in [-0.2, -0.15) is 0 Å². The summed E-state index contributed by atoms with van der Waals surface area (Å²) >= 11 is 0. The van der Waals surface area contributed by atoms with Gasteiger partial charge in [-0.1, -0.05) is 0 Å². The van der Waals surface area contributed by atoms with Crippen molar-refractivity contribution in [2.45, 2.75) is 58.2 Å². The van der Waals surface area contributed by atoms with Crippen molar-refractivity contribution in [3.8, 4) is 0 Å². The van der Waals surface area contributed by atoms with Crippen molar-refractivity contribution in [3.63, 3.8) is 0 Å². The summed E-state index contributed by atoms with van der Waals surface area (Å²) in [6.45, 7) is 9.32. The van der Waals surface area contributed by atoms with E-state index in [-0.39, 0.29) is 0 Å². The molecule has 0 aromatic carbocycles. The van der Waals surface area contributed by atoms with Crippen LogP contribution in [0.3, 0.4) is 0 Å². The Morgan fingerprint density at radius 2 is 2.20 bits per heavy atom. The van der Waals surface area contributed by atoms with Crippen LogP contribution in [0, 0.1) is 0 Å². The molecular formula is C12H26N2O. The molecule has 90 valence electrons. The minimum Gasteiger partial charge on any atom is -0.380 e. The maximum Gasteiger partial charge on any atom is 0.0616 e. The quantitative estimate of drug-likeness (QED) is 0.674. The molecule has 1 aliphatic rings. The van der Waals surface area contributed by atoms with Gasteiger partial charge in [-0.15, -0.1) is 0 Å². The maximum atomic E-state index is 5.39. The van der Waals surface area contributed by atoms with E-state index >= 15 is 0 Å². The van der Waals surface area contributed by atoms with Crippen LogP contribution in [0.4, 0.5) is 0 Å². The molecule has 3 heteroatoms. The Bertz CT molecular complexity index is 158. The van der Waals surface area contributed by atoms with E-state index < -0.39 is 0 Å². The number of nitrogens with one attached hydrogen (secondary N) is 2. The molecule has 0 saturated carbocycles. The second-order valence-corrected chi connectivity index (χ2v) is 4.66. The number of hydrogen-bond donors (Lipinski definition) is 2. The largest absolute Gasteiger partial charge is 0.380 e. The molecule has 1 heterocycles. The number of hydrogen-bond acceptors (Lipinski definition) is 3. The molecule has 15 heavy (non-hydrogen) atoms. The molecule has 3 unspecified atom stereocenters. The fourth-order valence-electron chi connectivity index (χ4n) is 2.28. The topological polar surface area (TPSA) is 33.3 Å². The second-order valence-electron chi connectivity index (χ2n) is 4.66. The summed E-state index contributed by atoms with van der Waals surface area (Å²) in [6, 6.07) is 1.77. The van der Waals surface area contributed by atoms with Crippen molar-refractivity contribution < 1.29 is 4.74 Å². The summed E-state index contributed by atoms with van der Waals surface area (Å²) in [5.41, 5.74) is 0. The van der Waals surface area contributed by atoms with Crippen LogP contribution >= 0.6 is 0 Å². The maximum absolute atomic E-state index is 5.39. The zero-order chi connectivity index (χ0) is 11.1. The van der Waals surface area contributed by atoms with Gasteiger partial charge in [-0.25, -0.2) is 0 Å². The van der Waals surface area contributed by atoms with Crippen molar-refractivity contribution in [3.05, 3.63) is 0 Å². The van der Waals surface area contributed by atoms with E-state index in [2.05, 4.69) is 24.5 Å². The Balaban J connectivity index is 2.08. The van der Waals surface area contributed by atoms with E-state index in [0.29, 0.717) is 12.1 Å². The zero-order valence-electron chi connectivity index (χ0n) is 10.4. The minimum atomic E-state index is 0.460. The lowest BCUT2D eigenvalue weighted by molar-refractivity contribution is 0.123. The summed E-state index contributed by atoms with van der Waals surface area (Å²) in [7, 11) is 0. The van der Waals surface area contributed by atoms with Crippen molar-refractivity contribution in [1.82, 2.24) is 10.6 Å². The molecule has 1 aliphatic heterocycles. The minimum absolute atomic E-state index is 0.460. The van der Waals surface area contributed by atoms with Gasteiger partial charge in [0.2, 0.25) is 0 Å². The first-order valence-corrected chi connectivity index (χ1v) is 6.29. The highest BCUT2D eigenvalue weighted by Crippen LogP contribution is 2.11. The molecule has 0 amide bonds. The summed E-state index contributed by atoms with van der Waals surface area (Å²) in [6.07, 6.45) is 3.91. The molecule has 3 nitrogen and oxygen atoms in total. The van der Waals surface area contributed by atoms with Crippen LogP contribution in [-0.4, -0.2) is 37.9 Å². The third-order valence-electron chi connectivity index (χ3n) is 2.94. The SMILES string of the molecule is CCOCC(C)NC(C)CC1CCCN1. The van der Waals surface area contributed by atoms with Crippen molar-refractivity contribution >= 4 is 0 Å². The normalized spacial score (nSPS) is 25.4. The molecule has 1 rings (SSSR count). The van der Waals surface area contributed by atoms with E-state index in [1.54, 1.807) is 0 Å². The molecule has 0 aromatic heterocycles. The van der Waals surface area contributed by atoms with Crippen LogP contribution in [0.15, 0.2) is 0 Å². The average molecular weight is 214 g/mol. The molecule has 0 bridgehead atoms. The van der Waals surface area contributed by atoms with Crippen LogP contribution < -0.4 is 10.6 Å². The van der Waals surface area contributed by atoms with E-state index in [9.17, 15) is 0 Å². The lowest BCUT2D eigenvalue weighted by Gasteiger charge is -2.22. The zero-order valence-corrected chi connectivity index (χ0v) is 10.4. The molecular weight excluding hydrogens is 188 g/mol. The average Bonchev–Trinajstić information content (AvgIpc) is 2.67. The van der Waals surface area contributed by atoms with Crippen molar-refractivity contribution in [2.75, 3.05) is 19.8 Å². The molecule has 0 spiro atoms. The van der Waals surface area contributed by atoms with Gasteiger partial charge in [0.25, 0.3) is 0 Å². The summed E-state index contributed by atoms with van der Waals surface area (Å²) in [4.78, 5) is 0. The molecule has 0 aromatic rings. The predicted octanol–water partition coefficient (Wildman–Crippen LogP) is 1.53. The summed E-state index contributed by atoms with van der Waals surface area (Å²) < 4.78 is 5.39. The van der Waals surface area contributed by atoms with E-state index in [0.717, 1.165) is 19.3 Å². The van der Waals surface area contributed by atoms with Gasteiger partial charge in [0.1, 0.15) is 0 Å². The smallest absolute Gasteiger partial charge is 0.0616 e. The lowest BCUT2D eigenvalue weighted by Crippen LogP contribution is -2.40. The summed E-state index contributed by atoms with van der Waals surface area (Å²) in [5.74, 6) is 0. The van der Waals surface area contributed by atoms with Crippen molar-refractivity contribution in [1.29, 1.82) is 0 Å². The fourth-order valence-corrected chi connectivity index (χ4v) is 2.28. The van der Waals surface area contributed by atoms with Crippen LogP contribution in [0.2, 0.25) is 0 Å². The molecule has 2 N–H and O–H groups in total. The summed E-state index contributed by atoms with van der Waals surface area (Å²) in [5, 5.41) is 7.11. The van der Waals surface area contributed by atoms with E-state index in [1.807, 2.05) is 6.92 Å². The second kappa shape index (κ2) is 7.20. The van der Waals surface area contributed by atoms with Crippen LogP contribution in [0.5, 0.6) is 0 Å². The fraction of sp³-hybridized carbons (Fsp3) is 1.00. The highest BCUT2D eigenvalue weighted by molar-refractivity contribution is 4.79. The number of ether oxygens (including phenoxy) is 1. The van der Waals surface area contributed by atoms with Gasteiger partial charge in [0.15, 0.2) is 0 Å². The highest BCUT2D eigenvalue weighted by Gasteiger charge is 2.17. The Hall–Kier alpha value is -0.120. The third-order valence-corrected chi connectivity index (χ3v) is 2.94. The third kappa shape index (κ3) is 5.50. The molecule has 3 atom stereocenters.